The van der Waals surface area contributed by atoms with Crippen molar-refractivity contribution >= 4 is 29.0 Å². The van der Waals surface area contributed by atoms with Gasteiger partial charge >= 0.3 is 0 Å². The summed E-state index contributed by atoms with van der Waals surface area (Å²) in [5.74, 6) is 0.710. The first-order valence-electron chi connectivity index (χ1n) is 8.41. The highest BCUT2D eigenvalue weighted by Crippen LogP contribution is 2.32. The Balaban J connectivity index is 1.38. The first-order valence-corrected chi connectivity index (χ1v) is 10.0. The molecule has 1 amide bonds. The number of carbonyl (C=O) groups is 1. The summed E-state index contributed by atoms with van der Waals surface area (Å²) in [4.78, 5) is 20.4. The number of rotatable bonds is 4. The van der Waals surface area contributed by atoms with Crippen molar-refractivity contribution in [2.45, 2.75) is 34.9 Å². The van der Waals surface area contributed by atoms with Gasteiger partial charge in [0.05, 0.1) is 15.4 Å². The maximum Gasteiger partial charge on any atom is 0.251 e. The van der Waals surface area contributed by atoms with Gasteiger partial charge in [-0.3, -0.25) is 4.79 Å². The van der Waals surface area contributed by atoms with Gasteiger partial charge in [0.2, 0.25) is 0 Å². The molecule has 1 aromatic carbocycles. The minimum Gasteiger partial charge on any atom is -0.348 e. The molecule has 3 aliphatic rings. The zero-order valence-electron chi connectivity index (χ0n) is 13.7. The Bertz CT molecular complexity index is 720. The van der Waals surface area contributed by atoms with Crippen LogP contribution in [0.1, 0.15) is 28.2 Å². The number of aromatic nitrogens is 1. The van der Waals surface area contributed by atoms with Crippen LogP contribution in [0, 0.1) is 12.8 Å². The molecular weight excluding hydrogens is 338 g/mol. The average Bonchev–Trinajstić information content (AvgIpc) is 3.01. The summed E-state index contributed by atoms with van der Waals surface area (Å²) in [5, 5.41) is 4.32. The van der Waals surface area contributed by atoms with Crippen molar-refractivity contribution in [1.29, 1.82) is 0 Å². The van der Waals surface area contributed by atoms with Gasteiger partial charge < -0.3 is 10.2 Å². The SMILES string of the molecule is Cc1ncc(Sc2ccc(C(=O)NC3CN4CCC3CC4)cc2)s1. The van der Waals surface area contributed by atoms with Crippen LogP contribution in [0.15, 0.2) is 39.6 Å². The number of aryl methyl sites for hydroxylation is 1. The molecule has 0 radical (unpaired) electrons. The molecule has 126 valence electrons. The van der Waals surface area contributed by atoms with Crippen LogP contribution in [0.3, 0.4) is 0 Å². The third kappa shape index (κ3) is 3.50. The fourth-order valence-electron chi connectivity index (χ4n) is 3.56. The molecule has 6 heteroatoms. The first kappa shape index (κ1) is 16.1. The van der Waals surface area contributed by atoms with Gasteiger partial charge in [-0.05, 0) is 63.0 Å². The topological polar surface area (TPSA) is 45.2 Å². The molecule has 1 atom stereocenters. The van der Waals surface area contributed by atoms with Crippen molar-refractivity contribution in [3.8, 4) is 0 Å². The standard InChI is InChI=1S/C18H21N3OS2/c1-12-19-10-17(23-12)24-15-4-2-14(3-5-15)18(22)20-16-11-21-8-6-13(16)7-9-21/h2-5,10,13,16H,6-9,11H2,1H3,(H,20,22). The Morgan fingerprint density at radius 3 is 2.62 bits per heavy atom. The summed E-state index contributed by atoms with van der Waals surface area (Å²) in [7, 11) is 0. The van der Waals surface area contributed by atoms with Crippen LogP contribution < -0.4 is 5.32 Å². The molecule has 2 bridgehead atoms. The summed E-state index contributed by atoms with van der Waals surface area (Å²) < 4.78 is 1.18. The molecule has 24 heavy (non-hydrogen) atoms. The highest BCUT2D eigenvalue weighted by Gasteiger charge is 2.34. The van der Waals surface area contributed by atoms with E-state index in [1.807, 2.05) is 37.4 Å². The van der Waals surface area contributed by atoms with E-state index >= 15 is 0 Å². The number of piperidine rings is 3. The van der Waals surface area contributed by atoms with Crippen LogP contribution in [0.25, 0.3) is 0 Å². The Morgan fingerprint density at radius 1 is 1.29 bits per heavy atom. The smallest absolute Gasteiger partial charge is 0.251 e. The van der Waals surface area contributed by atoms with Crippen molar-refractivity contribution < 1.29 is 4.79 Å². The summed E-state index contributed by atoms with van der Waals surface area (Å²) >= 11 is 3.38. The molecule has 1 unspecified atom stereocenters. The van der Waals surface area contributed by atoms with Crippen molar-refractivity contribution in [2.24, 2.45) is 5.92 Å². The highest BCUT2D eigenvalue weighted by molar-refractivity contribution is 8.01. The van der Waals surface area contributed by atoms with E-state index in [4.69, 9.17) is 0 Å². The van der Waals surface area contributed by atoms with Gasteiger partial charge in [0.1, 0.15) is 0 Å². The average molecular weight is 360 g/mol. The number of thiazole rings is 1. The predicted octanol–water partition coefficient (Wildman–Crippen LogP) is 3.43. The van der Waals surface area contributed by atoms with Gasteiger partial charge in [-0.15, -0.1) is 11.3 Å². The Morgan fingerprint density at radius 2 is 2.04 bits per heavy atom. The number of hydrogen-bond acceptors (Lipinski definition) is 5. The minimum atomic E-state index is 0.0546. The molecule has 1 N–H and O–H groups in total. The second-order valence-electron chi connectivity index (χ2n) is 6.54. The Kier molecular flexibility index (Phi) is 4.61. The molecule has 2 aromatic rings. The molecule has 0 spiro atoms. The lowest BCUT2D eigenvalue weighted by Gasteiger charge is -2.44. The second kappa shape index (κ2) is 6.86. The lowest BCUT2D eigenvalue weighted by molar-refractivity contribution is 0.0620. The quantitative estimate of drug-likeness (QED) is 0.908. The number of amides is 1. The van der Waals surface area contributed by atoms with Gasteiger partial charge in [-0.25, -0.2) is 4.98 Å². The van der Waals surface area contributed by atoms with E-state index in [0.29, 0.717) is 12.0 Å². The van der Waals surface area contributed by atoms with Crippen molar-refractivity contribution in [3.05, 3.63) is 41.0 Å². The number of nitrogens with one attached hydrogen (secondary N) is 1. The third-order valence-corrected chi connectivity index (χ3v) is 6.93. The van der Waals surface area contributed by atoms with E-state index in [9.17, 15) is 4.79 Å². The van der Waals surface area contributed by atoms with Gasteiger partial charge in [-0.2, -0.15) is 0 Å². The molecule has 5 rings (SSSR count). The molecule has 3 aliphatic heterocycles. The molecular formula is C18H21N3OS2. The van der Waals surface area contributed by atoms with Gasteiger partial charge in [0.25, 0.3) is 5.91 Å². The monoisotopic (exact) mass is 359 g/mol. The third-order valence-electron chi connectivity index (χ3n) is 4.91. The number of carbonyl (C=O) groups excluding carboxylic acids is 1. The van der Waals surface area contributed by atoms with Crippen LogP contribution in [-0.4, -0.2) is 41.5 Å². The largest absolute Gasteiger partial charge is 0.348 e. The van der Waals surface area contributed by atoms with Crippen molar-refractivity contribution in [2.75, 3.05) is 19.6 Å². The molecule has 3 saturated heterocycles. The van der Waals surface area contributed by atoms with Gasteiger partial charge in [0, 0.05) is 23.0 Å². The van der Waals surface area contributed by atoms with Gasteiger partial charge in [-0.1, -0.05) is 11.8 Å². The van der Waals surface area contributed by atoms with Crippen LogP contribution in [0.4, 0.5) is 0 Å². The molecule has 1 aromatic heterocycles. The normalized spacial score (nSPS) is 25.6. The van der Waals surface area contributed by atoms with E-state index in [-0.39, 0.29) is 5.91 Å². The fourth-order valence-corrected chi connectivity index (χ4v) is 5.49. The Labute approximate surface area is 150 Å². The van der Waals surface area contributed by atoms with E-state index in [0.717, 1.165) is 22.0 Å². The second-order valence-corrected chi connectivity index (χ2v) is 9.15. The lowest BCUT2D eigenvalue weighted by atomic mass is 9.84. The van der Waals surface area contributed by atoms with Crippen LogP contribution in [0.5, 0.6) is 0 Å². The van der Waals surface area contributed by atoms with Gasteiger partial charge in [0.15, 0.2) is 0 Å². The van der Waals surface area contributed by atoms with Crippen molar-refractivity contribution in [3.63, 3.8) is 0 Å². The Hall–Kier alpha value is -1.37. The van der Waals surface area contributed by atoms with Crippen LogP contribution in [0.2, 0.25) is 0 Å². The van der Waals surface area contributed by atoms with E-state index in [2.05, 4.69) is 15.2 Å². The first-order chi connectivity index (χ1) is 11.7. The zero-order valence-corrected chi connectivity index (χ0v) is 15.3. The van der Waals surface area contributed by atoms with Crippen molar-refractivity contribution in [1.82, 2.24) is 15.2 Å². The van der Waals surface area contributed by atoms with E-state index in [1.54, 1.807) is 23.1 Å². The maximum absolute atomic E-state index is 12.5. The molecule has 4 heterocycles. The molecule has 4 nitrogen and oxygen atoms in total. The molecule has 0 aliphatic carbocycles. The van der Waals surface area contributed by atoms with Crippen LogP contribution >= 0.6 is 23.1 Å². The fraction of sp³-hybridized carbons (Fsp3) is 0.444. The number of hydrogen-bond donors (Lipinski definition) is 1. The van der Waals surface area contributed by atoms with E-state index in [1.165, 1.54) is 30.1 Å². The highest BCUT2D eigenvalue weighted by atomic mass is 32.2. The molecule has 3 fully saturated rings. The maximum atomic E-state index is 12.5. The molecule has 0 saturated carbocycles. The lowest BCUT2D eigenvalue weighted by Crippen LogP contribution is -2.57. The predicted molar refractivity (Wildman–Crippen MR) is 97.8 cm³/mol. The zero-order chi connectivity index (χ0) is 16.5. The summed E-state index contributed by atoms with van der Waals surface area (Å²) in [6, 6.07) is 8.20. The minimum absolute atomic E-state index is 0.0546. The summed E-state index contributed by atoms with van der Waals surface area (Å²) in [6.07, 6.45) is 4.34. The number of fused-ring (bicyclic) bond motifs is 3. The number of benzene rings is 1. The number of nitrogens with zero attached hydrogens (tertiary/aromatic N) is 2. The summed E-state index contributed by atoms with van der Waals surface area (Å²) in [5.41, 5.74) is 0.747. The summed E-state index contributed by atoms with van der Waals surface area (Å²) in [6.45, 7) is 5.41. The van der Waals surface area contributed by atoms with Crippen LogP contribution in [-0.2, 0) is 0 Å². The van der Waals surface area contributed by atoms with E-state index < -0.39 is 0 Å².